The molecule has 1 aliphatic heterocycles. The van der Waals surface area contributed by atoms with Gasteiger partial charge < -0.3 is 16.0 Å². The van der Waals surface area contributed by atoms with Crippen molar-refractivity contribution in [2.24, 2.45) is 4.99 Å². The van der Waals surface area contributed by atoms with Crippen LogP contribution in [0.25, 0.3) is 0 Å². The quantitative estimate of drug-likeness (QED) is 0.527. The Hall–Kier alpha value is -2.16. The largest absolute Gasteiger partial charge is 0.357 e. The number of sulfone groups is 1. The average molecular weight is 356 g/mol. The minimum atomic E-state index is -2.99. The van der Waals surface area contributed by atoms with Gasteiger partial charge in [-0.1, -0.05) is 6.07 Å². The number of benzene rings is 1. The first-order chi connectivity index (χ1) is 11.4. The van der Waals surface area contributed by atoms with E-state index in [4.69, 9.17) is 0 Å². The normalized spacial score (nSPS) is 19.8. The van der Waals surface area contributed by atoms with E-state index in [-0.39, 0.29) is 24.1 Å². The summed E-state index contributed by atoms with van der Waals surface area (Å²) in [6, 6.07) is 5.38. The van der Waals surface area contributed by atoms with Crippen LogP contribution in [-0.2, 0) is 14.6 Å². The van der Waals surface area contributed by atoms with Gasteiger partial charge in [0.2, 0.25) is 5.91 Å². The summed E-state index contributed by atoms with van der Waals surface area (Å²) in [5.74, 6) is -0.226. The van der Waals surface area contributed by atoms with Gasteiger partial charge in [-0.15, -0.1) is 0 Å². The van der Waals surface area contributed by atoms with E-state index in [0.717, 1.165) is 0 Å². The third-order valence-corrected chi connectivity index (χ3v) is 5.17. The van der Waals surface area contributed by atoms with Crippen LogP contribution >= 0.6 is 0 Å². The van der Waals surface area contributed by atoms with E-state index in [0.29, 0.717) is 24.6 Å². The van der Waals surface area contributed by atoms with Gasteiger partial charge in [-0.05, 0) is 31.5 Å². The van der Waals surface area contributed by atoms with Gasteiger partial charge in [0.15, 0.2) is 15.8 Å². The average Bonchev–Trinajstić information content (AvgIpc) is 2.84. The number of rotatable bonds is 5. The second-order valence-electron chi connectivity index (χ2n) is 5.50. The first-order valence-corrected chi connectivity index (χ1v) is 9.51. The van der Waals surface area contributed by atoms with Gasteiger partial charge in [0.25, 0.3) is 0 Å². The van der Waals surface area contributed by atoms with Crippen LogP contribution in [0.4, 0.5) is 10.1 Å². The van der Waals surface area contributed by atoms with Crippen molar-refractivity contribution in [3.8, 4) is 0 Å². The molecule has 0 bridgehead atoms. The van der Waals surface area contributed by atoms with Gasteiger partial charge in [-0.25, -0.2) is 17.8 Å². The predicted octanol–water partition coefficient (Wildman–Crippen LogP) is 0.506. The number of nitrogens with one attached hydrogen (secondary N) is 3. The zero-order valence-electron chi connectivity index (χ0n) is 13.4. The first-order valence-electron chi connectivity index (χ1n) is 7.68. The molecule has 1 aromatic carbocycles. The van der Waals surface area contributed by atoms with Gasteiger partial charge in [0.1, 0.15) is 12.4 Å². The van der Waals surface area contributed by atoms with E-state index in [9.17, 15) is 17.6 Å². The molecule has 132 valence electrons. The summed E-state index contributed by atoms with van der Waals surface area (Å²) in [4.78, 5) is 16.0. The van der Waals surface area contributed by atoms with E-state index >= 15 is 0 Å². The summed E-state index contributed by atoms with van der Waals surface area (Å²) in [6.07, 6.45) is 0.516. The molecule has 1 aromatic rings. The maximum Gasteiger partial charge on any atom is 0.246 e. The van der Waals surface area contributed by atoms with Crippen LogP contribution in [-0.4, -0.2) is 50.9 Å². The van der Waals surface area contributed by atoms with Crippen molar-refractivity contribution >= 4 is 27.4 Å². The fraction of sp³-hybridized carbons (Fsp3) is 0.467. The lowest BCUT2D eigenvalue weighted by atomic mass is 10.3. The molecule has 1 heterocycles. The number of anilines is 1. The molecule has 0 aromatic heterocycles. The third-order valence-electron chi connectivity index (χ3n) is 3.41. The Bertz CT molecular complexity index is 721. The van der Waals surface area contributed by atoms with Crippen LogP contribution in [0.2, 0.25) is 0 Å². The lowest BCUT2D eigenvalue weighted by Crippen LogP contribution is -2.44. The highest BCUT2D eigenvalue weighted by molar-refractivity contribution is 7.91. The number of amides is 1. The van der Waals surface area contributed by atoms with E-state index in [1.807, 2.05) is 6.92 Å². The van der Waals surface area contributed by atoms with E-state index in [2.05, 4.69) is 20.9 Å². The third kappa shape index (κ3) is 5.80. The van der Waals surface area contributed by atoms with Crippen molar-refractivity contribution in [1.82, 2.24) is 10.6 Å². The molecule has 1 aliphatic rings. The van der Waals surface area contributed by atoms with E-state index < -0.39 is 21.6 Å². The fourth-order valence-corrected chi connectivity index (χ4v) is 4.01. The maximum absolute atomic E-state index is 13.1. The van der Waals surface area contributed by atoms with Crippen LogP contribution in [0.5, 0.6) is 0 Å². The summed E-state index contributed by atoms with van der Waals surface area (Å²) in [6.45, 7) is 2.29. The monoisotopic (exact) mass is 356 g/mol. The zero-order valence-corrected chi connectivity index (χ0v) is 14.2. The van der Waals surface area contributed by atoms with Gasteiger partial charge >= 0.3 is 0 Å². The molecule has 0 aliphatic carbocycles. The number of hydrogen-bond acceptors (Lipinski definition) is 4. The van der Waals surface area contributed by atoms with Gasteiger partial charge in [0.05, 0.1) is 11.5 Å². The van der Waals surface area contributed by atoms with E-state index in [1.165, 1.54) is 18.2 Å². The van der Waals surface area contributed by atoms with Crippen LogP contribution < -0.4 is 16.0 Å². The van der Waals surface area contributed by atoms with E-state index in [1.54, 1.807) is 6.07 Å². The lowest BCUT2D eigenvalue weighted by molar-refractivity contribution is -0.114. The second kappa shape index (κ2) is 8.09. The number of hydrogen-bond donors (Lipinski definition) is 3. The highest BCUT2D eigenvalue weighted by Crippen LogP contribution is 2.11. The molecular weight excluding hydrogens is 335 g/mol. The van der Waals surface area contributed by atoms with Crippen molar-refractivity contribution in [2.45, 2.75) is 19.4 Å². The molecule has 1 saturated heterocycles. The van der Waals surface area contributed by atoms with Crippen molar-refractivity contribution < 1.29 is 17.6 Å². The minimum absolute atomic E-state index is 0.0624. The Kier molecular flexibility index (Phi) is 6.13. The van der Waals surface area contributed by atoms with Crippen molar-refractivity contribution in [3.05, 3.63) is 30.1 Å². The molecule has 7 nitrogen and oxygen atoms in total. The van der Waals surface area contributed by atoms with Crippen molar-refractivity contribution in [3.63, 3.8) is 0 Å². The van der Waals surface area contributed by atoms with Gasteiger partial charge in [0, 0.05) is 18.3 Å². The topological polar surface area (TPSA) is 99.7 Å². The summed E-state index contributed by atoms with van der Waals surface area (Å²) >= 11 is 0. The minimum Gasteiger partial charge on any atom is -0.357 e. The zero-order chi connectivity index (χ0) is 17.6. The summed E-state index contributed by atoms with van der Waals surface area (Å²) in [5.41, 5.74) is 0.357. The molecular formula is C15H21FN4O3S. The SMILES string of the molecule is CCNC(=NCC(=O)Nc1cccc(F)c1)NC1CCS(=O)(=O)C1. The Morgan fingerprint density at radius 1 is 1.42 bits per heavy atom. The highest BCUT2D eigenvalue weighted by atomic mass is 32.2. The Morgan fingerprint density at radius 3 is 2.83 bits per heavy atom. The number of carbonyl (C=O) groups excluding carboxylic acids is 1. The first kappa shape index (κ1) is 18.2. The number of halogens is 1. The molecule has 0 saturated carbocycles. The summed E-state index contributed by atoms with van der Waals surface area (Å²) in [7, 11) is -2.99. The lowest BCUT2D eigenvalue weighted by Gasteiger charge is -2.15. The number of nitrogens with zero attached hydrogens (tertiary/aromatic N) is 1. The molecule has 3 N–H and O–H groups in total. The number of aliphatic imine (C=N–C) groups is 1. The molecule has 9 heteroatoms. The van der Waals surface area contributed by atoms with Crippen molar-refractivity contribution in [1.29, 1.82) is 0 Å². The Morgan fingerprint density at radius 2 is 2.21 bits per heavy atom. The fourth-order valence-electron chi connectivity index (χ4n) is 2.34. The van der Waals surface area contributed by atoms with Gasteiger partial charge in [-0.3, -0.25) is 4.79 Å². The summed E-state index contributed by atoms with van der Waals surface area (Å²) < 4.78 is 36.0. The highest BCUT2D eigenvalue weighted by Gasteiger charge is 2.28. The molecule has 24 heavy (non-hydrogen) atoms. The van der Waals surface area contributed by atoms with Crippen molar-refractivity contribution in [2.75, 3.05) is 29.9 Å². The molecule has 1 fully saturated rings. The van der Waals surface area contributed by atoms with Crippen LogP contribution in [0.15, 0.2) is 29.3 Å². The molecule has 2 rings (SSSR count). The Labute approximate surface area is 140 Å². The standard InChI is InChI=1S/C15H21FN4O3S/c1-2-17-15(20-13-6-7-24(22,23)10-13)18-9-14(21)19-12-5-3-4-11(16)8-12/h3-5,8,13H,2,6-7,9-10H2,1H3,(H,19,21)(H2,17,18,20). The summed E-state index contributed by atoms with van der Waals surface area (Å²) in [5, 5.41) is 8.54. The maximum atomic E-state index is 13.1. The number of guanidine groups is 1. The number of carbonyl (C=O) groups is 1. The molecule has 0 spiro atoms. The smallest absolute Gasteiger partial charge is 0.246 e. The van der Waals surface area contributed by atoms with Gasteiger partial charge in [-0.2, -0.15) is 0 Å². The Balaban J connectivity index is 1.91. The second-order valence-corrected chi connectivity index (χ2v) is 7.73. The molecule has 1 unspecified atom stereocenters. The van der Waals surface area contributed by atoms with Crippen LogP contribution in [0.3, 0.4) is 0 Å². The molecule has 1 atom stereocenters. The molecule has 1 amide bonds. The predicted molar refractivity (Wildman–Crippen MR) is 91.2 cm³/mol. The molecule has 0 radical (unpaired) electrons. The van der Waals surface area contributed by atoms with Crippen LogP contribution in [0.1, 0.15) is 13.3 Å². The van der Waals surface area contributed by atoms with Crippen LogP contribution in [0, 0.1) is 5.82 Å².